The molecule has 0 aromatic carbocycles. The average Bonchev–Trinajstić information content (AvgIpc) is 2.28. The molecule has 0 fully saturated rings. The third kappa shape index (κ3) is 5.03. The van der Waals surface area contributed by atoms with E-state index in [1.807, 2.05) is 46.0 Å². The molecule has 1 aromatic rings. The van der Waals surface area contributed by atoms with Gasteiger partial charge in [-0.3, -0.25) is 4.99 Å². The third-order valence-electron chi connectivity index (χ3n) is 2.09. The standard InChI is InChI=1S/C13H22N4O/c1-13(2,3)18-11-8-6-7-10(17-11)9-16-12(14-4)15-5/h6-8H,9H2,1-5H3,(H2,14,15,16). The lowest BCUT2D eigenvalue weighted by molar-refractivity contribution is 0.124. The minimum atomic E-state index is -0.236. The van der Waals surface area contributed by atoms with E-state index in [0.29, 0.717) is 12.4 Å². The van der Waals surface area contributed by atoms with E-state index in [1.165, 1.54) is 0 Å². The van der Waals surface area contributed by atoms with Crippen molar-refractivity contribution in [2.45, 2.75) is 32.9 Å². The van der Waals surface area contributed by atoms with Gasteiger partial charge in [-0.15, -0.1) is 0 Å². The molecule has 0 bridgehead atoms. The first kappa shape index (κ1) is 14.3. The van der Waals surface area contributed by atoms with Crippen LogP contribution in [0.1, 0.15) is 26.5 Å². The normalized spacial score (nSPS) is 12.2. The molecule has 0 spiro atoms. The van der Waals surface area contributed by atoms with Crippen LogP contribution in [0, 0.1) is 0 Å². The van der Waals surface area contributed by atoms with Gasteiger partial charge in [-0.2, -0.15) is 0 Å². The van der Waals surface area contributed by atoms with E-state index in [9.17, 15) is 0 Å². The van der Waals surface area contributed by atoms with Crippen LogP contribution in [-0.4, -0.2) is 30.6 Å². The summed E-state index contributed by atoms with van der Waals surface area (Å²) in [5.74, 6) is 1.38. The molecule has 0 aliphatic rings. The van der Waals surface area contributed by atoms with Crippen LogP contribution in [0.3, 0.4) is 0 Å². The van der Waals surface area contributed by atoms with Crippen LogP contribution in [0.4, 0.5) is 0 Å². The van der Waals surface area contributed by atoms with E-state index in [1.54, 1.807) is 7.05 Å². The fourth-order valence-corrected chi connectivity index (χ4v) is 1.38. The number of ether oxygens (including phenoxy) is 1. The molecule has 0 radical (unpaired) electrons. The van der Waals surface area contributed by atoms with Gasteiger partial charge in [0.2, 0.25) is 5.88 Å². The zero-order valence-electron chi connectivity index (χ0n) is 11.7. The second kappa shape index (κ2) is 6.23. The summed E-state index contributed by atoms with van der Waals surface area (Å²) < 4.78 is 5.72. The van der Waals surface area contributed by atoms with Gasteiger partial charge in [0.25, 0.3) is 0 Å². The van der Waals surface area contributed by atoms with Gasteiger partial charge in [-0.25, -0.2) is 4.98 Å². The predicted octanol–water partition coefficient (Wildman–Crippen LogP) is 1.55. The summed E-state index contributed by atoms with van der Waals surface area (Å²) in [4.78, 5) is 8.47. The van der Waals surface area contributed by atoms with E-state index in [-0.39, 0.29) is 5.60 Å². The highest BCUT2D eigenvalue weighted by Crippen LogP contribution is 2.15. The molecule has 0 unspecified atom stereocenters. The zero-order chi connectivity index (χ0) is 13.6. The zero-order valence-corrected chi connectivity index (χ0v) is 11.7. The Hall–Kier alpha value is -1.78. The number of nitrogens with zero attached hydrogens (tertiary/aromatic N) is 2. The molecule has 0 aliphatic heterocycles. The van der Waals surface area contributed by atoms with E-state index < -0.39 is 0 Å². The van der Waals surface area contributed by atoms with Crippen LogP contribution in [0.5, 0.6) is 5.88 Å². The Morgan fingerprint density at radius 3 is 2.67 bits per heavy atom. The molecule has 1 aromatic heterocycles. The number of rotatable bonds is 3. The van der Waals surface area contributed by atoms with Crippen LogP contribution in [0.15, 0.2) is 23.2 Å². The maximum absolute atomic E-state index is 5.72. The molecule has 0 amide bonds. The van der Waals surface area contributed by atoms with Crippen molar-refractivity contribution in [2.24, 2.45) is 4.99 Å². The topological polar surface area (TPSA) is 58.5 Å². The molecular formula is C13H22N4O. The number of pyridine rings is 1. The number of aromatic nitrogens is 1. The smallest absolute Gasteiger partial charge is 0.214 e. The third-order valence-corrected chi connectivity index (χ3v) is 2.09. The van der Waals surface area contributed by atoms with E-state index in [4.69, 9.17) is 4.74 Å². The highest BCUT2D eigenvalue weighted by Gasteiger charge is 2.12. The summed E-state index contributed by atoms with van der Waals surface area (Å²) in [5.41, 5.74) is 0.674. The number of guanidine groups is 1. The van der Waals surface area contributed by atoms with Crippen molar-refractivity contribution in [3.63, 3.8) is 0 Å². The number of nitrogens with one attached hydrogen (secondary N) is 2. The van der Waals surface area contributed by atoms with Gasteiger partial charge in [0, 0.05) is 20.2 Å². The molecule has 100 valence electrons. The largest absolute Gasteiger partial charge is 0.472 e. The molecule has 1 heterocycles. The molecule has 0 saturated carbocycles. The second-order valence-electron chi connectivity index (χ2n) is 4.86. The lowest BCUT2D eigenvalue weighted by atomic mass is 10.2. The maximum atomic E-state index is 5.72. The molecular weight excluding hydrogens is 228 g/mol. The van der Waals surface area contributed by atoms with Crippen LogP contribution in [0.25, 0.3) is 0 Å². The summed E-state index contributed by atoms with van der Waals surface area (Å²) in [6.45, 7) is 6.61. The molecule has 1 rings (SSSR count). The first-order valence-corrected chi connectivity index (χ1v) is 5.98. The number of aliphatic imine (C=N–C) groups is 1. The Kier molecular flexibility index (Phi) is 4.95. The Balaban J connectivity index is 2.65. The van der Waals surface area contributed by atoms with Gasteiger partial charge >= 0.3 is 0 Å². The maximum Gasteiger partial charge on any atom is 0.214 e. The van der Waals surface area contributed by atoms with Gasteiger partial charge in [0.15, 0.2) is 5.96 Å². The Morgan fingerprint density at radius 1 is 1.39 bits per heavy atom. The van der Waals surface area contributed by atoms with Crippen molar-refractivity contribution >= 4 is 5.96 Å². The van der Waals surface area contributed by atoms with E-state index in [2.05, 4.69) is 20.6 Å². The SMILES string of the molecule is CN=C(NC)NCc1cccc(OC(C)(C)C)n1. The van der Waals surface area contributed by atoms with Gasteiger partial charge in [0.05, 0.1) is 12.2 Å². The average molecular weight is 250 g/mol. The molecule has 5 heteroatoms. The first-order valence-electron chi connectivity index (χ1n) is 5.98. The van der Waals surface area contributed by atoms with Crippen molar-refractivity contribution in [3.05, 3.63) is 23.9 Å². The Labute approximate surface area is 109 Å². The molecule has 0 saturated heterocycles. The molecule has 18 heavy (non-hydrogen) atoms. The summed E-state index contributed by atoms with van der Waals surface area (Å²) in [5, 5.41) is 6.10. The monoisotopic (exact) mass is 250 g/mol. The van der Waals surface area contributed by atoms with Crippen LogP contribution in [0.2, 0.25) is 0 Å². The summed E-state index contributed by atoms with van der Waals surface area (Å²) >= 11 is 0. The van der Waals surface area contributed by atoms with E-state index >= 15 is 0 Å². The van der Waals surface area contributed by atoms with E-state index in [0.717, 1.165) is 11.7 Å². The second-order valence-corrected chi connectivity index (χ2v) is 4.86. The fourth-order valence-electron chi connectivity index (χ4n) is 1.38. The summed E-state index contributed by atoms with van der Waals surface area (Å²) in [7, 11) is 3.55. The van der Waals surface area contributed by atoms with Crippen molar-refractivity contribution < 1.29 is 4.74 Å². The van der Waals surface area contributed by atoms with Crippen LogP contribution in [-0.2, 0) is 6.54 Å². The lowest BCUT2D eigenvalue weighted by Gasteiger charge is -2.20. The van der Waals surface area contributed by atoms with Gasteiger partial charge in [-0.05, 0) is 26.8 Å². The summed E-state index contributed by atoms with van der Waals surface area (Å²) in [6, 6.07) is 5.75. The van der Waals surface area contributed by atoms with Crippen molar-refractivity contribution in [1.29, 1.82) is 0 Å². The highest BCUT2D eigenvalue weighted by atomic mass is 16.5. The van der Waals surface area contributed by atoms with Gasteiger partial charge in [0.1, 0.15) is 5.60 Å². The van der Waals surface area contributed by atoms with Crippen molar-refractivity contribution in [2.75, 3.05) is 14.1 Å². The molecule has 0 atom stereocenters. The Morgan fingerprint density at radius 2 is 2.11 bits per heavy atom. The molecule has 2 N–H and O–H groups in total. The van der Waals surface area contributed by atoms with Crippen molar-refractivity contribution in [3.8, 4) is 5.88 Å². The molecule has 5 nitrogen and oxygen atoms in total. The minimum absolute atomic E-state index is 0.236. The first-order chi connectivity index (χ1) is 8.44. The van der Waals surface area contributed by atoms with Crippen LogP contribution < -0.4 is 15.4 Å². The predicted molar refractivity (Wildman–Crippen MR) is 73.9 cm³/mol. The summed E-state index contributed by atoms with van der Waals surface area (Å²) in [6.07, 6.45) is 0. The van der Waals surface area contributed by atoms with Gasteiger partial charge in [-0.1, -0.05) is 6.07 Å². The Bertz CT molecular complexity index is 410. The minimum Gasteiger partial charge on any atom is -0.472 e. The highest BCUT2D eigenvalue weighted by molar-refractivity contribution is 5.79. The van der Waals surface area contributed by atoms with Crippen molar-refractivity contribution in [1.82, 2.24) is 15.6 Å². The number of hydrogen-bond donors (Lipinski definition) is 2. The lowest BCUT2D eigenvalue weighted by Crippen LogP contribution is -2.34. The fraction of sp³-hybridized carbons (Fsp3) is 0.538. The molecule has 0 aliphatic carbocycles. The number of hydrogen-bond acceptors (Lipinski definition) is 3. The van der Waals surface area contributed by atoms with Gasteiger partial charge < -0.3 is 15.4 Å². The quantitative estimate of drug-likeness (QED) is 0.631. The van der Waals surface area contributed by atoms with Crippen LogP contribution >= 0.6 is 0 Å².